The number of fused-ring (bicyclic) bond motifs is 1. The summed E-state index contributed by atoms with van der Waals surface area (Å²) in [6.45, 7) is 0. The Kier molecular flexibility index (Phi) is 3.04. The lowest BCUT2D eigenvalue weighted by Crippen LogP contribution is -2.14. The minimum absolute atomic E-state index is 0.335. The lowest BCUT2D eigenvalue weighted by atomic mass is 10.1. The number of rotatable bonds is 2. The third-order valence-electron chi connectivity index (χ3n) is 2.81. The summed E-state index contributed by atoms with van der Waals surface area (Å²) in [4.78, 5) is 0.335. The van der Waals surface area contributed by atoms with Crippen molar-refractivity contribution in [1.29, 1.82) is 0 Å². The van der Waals surface area contributed by atoms with E-state index in [1.165, 1.54) is 0 Å². The standard InChI is InChI=1S/C13H9BrN4S/c14-8-5-6-9(13(15)19)12(7-8)18-11-4-2-1-3-10(11)16-17-18/h1-7H,(H2,15,19). The van der Waals surface area contributed by atoms with E-state index >= 15 is 0 Å². The van der Waals surface area contributed by atoms with Crippen LogP contribution in [0.3, 0.4) is 0 Å². The molecule has 0 saturated heterocycles. The molecule has 4 nitrogen and oxygen atoms in total. The molecule has 0 aliphatic heterocycles. The predicted molar refractivity (Wildman–Crippen MR) is 82.5 cm³/mol. The number of thiocarbonyl (C=S) groups is 1. The van der Waals surface area contributed by atoms with Gasteiger partial charge in [0.15, 0.2) is 0 Å². The van der Waals surface area contributed by atoms with Crippen LogP contribution < -0.4 is 5.73 Å². The summed E-state index contributed by atoms with van der Waals surface area (Å²) in [7, 11) is 0. The molecule has 0 amide bonds. The van der Waals surface area contributed by atoms with Crippen molar-refractivity contribution in [1.82, 2.24) is 15.0 Å². The van der Waals surface area contributed by atoms with Gasteiger partial charge < -0.3 is 5.73 Å². The van der Waals surface area contributed by atoms with Crippen LogP contribution in [0.4, 0.5) is 0 Å². The van der Waals surface area contributed by atoms with Crippen LogP contribution in [0.5, 0.6) is 0 Å². The molecular weight excluding hydrogens is 324 g/mol. The SMILES string of the molecule is NC(=S)c1ccc(Br)cc1-n1nnc2ccccc21. The summed E-state index contributed by atoms with van der Waals surface area (Å²) in [6, 6.07) is 13.4. The summed E-state index contributed by atoms with van der Waals surface area (Å²) in [5, 5.41) is 8.32. The maximum atomic E-state index is 5.77. The first kappa shape index (κ1) is 12.3. The van der Waals surface area contributed by atoms with Crippen molar-refractivity contribution in [2.45, 2.75) is 0 Å². The van der Waals surface area contributed by atoms with Crippen LogP contribution in [0.25, 0.3) is 16.7 Å². The molecule has 94 valence electrons. The second kappa shape index (κ2) is 4.71. The average Bonchev–Trinajstić information content (AvgIpc) is 2.82. The highest BCUT2D eigenvalue weighted by molar-refractivity contribution is 9.10. The summed E-state index contributed by atoms with van der Waals surface area (Å²) < 4.78 is 2.68. The molecule has 0 radical (unpaired) electrons. The third-order valence-corrected chi connectivity index (χ3v) is 3.52. The number of halogens is 1. The zero-order valence-corrected chi connectivity index (χ0v) is 12.1. The molecular formula is C13H9BrN4S. The van der Waals surface area contributed by atoms with E-state index in [-0.39, 0.29) is 0 Å². The molecule has 0 aliphatic rings. The van der Waals surface area contributed by atoms with Gasteiger partial charge in [-0.2, -0.15) is 0 Å². The average molecular weight is 333 g/mol. The molecule has 6 heteroatoms. The van der Waals surface area contributed by atoms with Gasteiger partial charge >= 0.3 is 0 Å². The van der Waals surface area contributed by atoms with E-state index < -0.39 is 0 Å². The van der Waals surface area contributed by atoms with Crippen molar-refractivity contribution in [3.63, 3.8) is 0 Å². The molecule has 0 saturated carbocycles. The van der Waals surface area contributed by atoms with Gasteiger partial charge in [-0.3, -0.25) is 0 Å². The Morgan fingerprint density at radius 2 is 2.00 bits per heavy atom. The summed E-state index contributed by atoms with van der Waals surface area (Å²) in [5.74, 6) is 0. The maximum Gasteiger partial charge on any atom is 0.113 e. The molecule has 0 spiro atoms. The summed E-state index contributed by atoms with van der Waals surface area (Å²) >= 11 is 8.54. The van der Waals surface area contributed by atoms with Gasteiger partial charge in [-0.25, -0.2) is 4.68 Å². The van der Waals surface area contributed by atoms with Gasteiger partial charge in [-0.05, 0) is 30.3 Å². The Bertz CT molecular complexity index is 781. The van der Waals surface area contributed by atoms with Gasteiger partial charge in [0.25, 0.3) is 0 Å². The minimum Gasteiger partial charge on any atom is -0.389 e. The largest absolute Gasteiger partial charge is 0.389 e. The first-order valence-electron chi connectivity index (χ1n) is 5.57. The Morgan fingerprint density at radius 1 is 1.21 bits per heavy atom. The fourth-order valence-electron chi connectivity index (χ4n) is 1.94. The van der Waals surface area contributed by atoms with Crippen molar-refractivity contribution >= 4 is 44.2 Å². The second-order valence-electron chi connectivity index (χ2n) is 4.02. The molecule has 1 heterocycles. The van der Waals surface area contributed by atoms with Crippen LogP contribution in [-0.4, -0.2) is 20.0 Å². The molecule has 1 aromatic heterocycles. The van der Waals surface area contributed by atoms with E-state index in [4.69, 9.17) is 18.0 Å². The summed E-state index contributed by atoms with van der Waals surface area (Å²) in [6.07, 6.45) is 0. The molecule has 2 aromatic carbocycles. The Balaban J connectivity index is 2.32. The number of nitrogens with zero attached hydrogens (tertiary/aromatic N) is 3. The van der Waals surface area contributed by atoms with Crippen LogP contribution in [0.2, 0.25) is 0 Å². The van der Waals surface area contributed by atoms with E-state index in [1.807, 2.05) is 42.5 Å². The van der Waals surface area contributed by atoms with E-state index in [0.29, 0.717) is 4.99 Å². The molecule has 0 unspecified atom stereocenters. The fraction of sp³-hybridized carbons (Fsp3) is 0. The molecule has 19 heavy (non-hydrogen) atoms. The van der Waals surface area contributed by atoms with Crippen LogP contribution in [-0.2, 0) is 0 Å². The Morgan fingerprint density at radius 3 is 2.79 bits per heavy atom. The van der Waals surface area contributed by atoms with E-state index in [0.717, 1.165) is 26.8 Å². The van der Waals surface area contributed by atoms with Gasteiger partial charge in [0.1, 0.15) is 10.5 Å². The lowest BCUT2D eigenvalue weighted by Gasteiger charge is -2.09. The van der Waals surface area contributed by atoms with Gasteiger partial charge in [0.2, 0.25) is 0 Å². The molecule has 3 aromatic rings. The number of hydrogen-bond acceptors (Lipinski definition) is 3. The van der Waals surface area contributed by atoms with Gasteiger partial charge in [0.05, 0.1) is 11.2 Å². The van der Waals surface area contributed by atoms with Gasteiger partial charge in [-0.1, -0.05) is 45.5 Å². The highest BCUT2D eigenvalue weighted by Crippen LogP contribution is 2.23. The fourth-order valence-corrected chi connectivity index (χ4v) is 2.46. The van der Waals surface area contributed by atoms with Gasteiger partial charge in [0, 0.05) is 10.0 Å². The first-order valence-corrected chi connectivity index (χ1v) is 6.77. The Hall–Kier alpha value is -1.79. The monoisotopic (exact) mass is 332 g/mol. The highest BCUT2D eigenvalue weighted by atomic mass is 79.9. The molecule has 0 bridgehead atoms. The summed E-state index contributed by atoms with van der Waals surface area (Å²) in [5.41, 5.74) is 9.10. The van der Waals surface area contributed by atoms with E-state index in [9.17, 15) is 0 Å². The number of para-hydroxylation sites is 1. The smallest absolute Gasteiger partial charge is 0.113 e. The van der Waals surface area contributed by atoms with E-state index in [2.05, 4.69) is 26.2 Å². The first-order chi connectivity index (χ1) is 9.16. The topological polar surface area (TPSA) is 56.7 Å². The molecule has 0 atom stereocenters. The van der Waals surface area contributed by atoms with Gasteiger partial charge in [-0.15, -0.1) is 5.10 Å². The Labute approximate surface area is 123 Å². The number of benzene rings is 2. The maximum absolute atomic E-state index is 5.77. The zero-order valence-electron chi connectivity index (χ0n) is 9.75. The third kappa shape index (κ3) is 2.13. The predicted octanol–water partition coefficient (Wildman–Crippen LogP) is 2.82. The van der Waals surface area contributed by atoms with Crippen molar-refractivity contribution in [3.8, 4) is 5.69 Å². The number of aromatic nitrogens is 3. The number of nitrogens with two attached hydrogens (primary N) is 1. The van der Waals surface area contributed by atoms with Crippen molar-refractivity contribution < 1.29 is 0 Å². The molecule has 3 rings (SSSR count). The molecule has 0 fully saturated rings. The lowest BCUT2D eigenvalue weighted by molar-refractivity contribution is 0.822. The normalized spacial score (nSPS) is 10.8. The van der Waals surface area contributed by atoms with Crippen LogP contribution >= 0.6 is 28.1 Å². The number of hydrogen-bond donors (Lipinski definition) is 1. The van der Waals surface area contributed by atoms with Crippen LogP contribution in [0.1, 0.15) is 5.56 Å². The van der Waals surface area contributed by atoms with Crippen LogP contribution in [0.15, 0.2) is 46.9 Å². The van der Waals surface area contributed by atoms with Crippen molar-refractivity contribution in [2.75, 3.05) is 0 Å². The zero-order chi connectivity index (χ0) is 13.4. The van der Waals surface area contributed by atoms with Crippen molar-refractivity contribution in [3.05, 3.63) is 52.5 Å². The quantitative estimate of drug-likeness (QED) is 0.733. The minimum atomic E-state index is 0.335. The highest BCUT2D eigenvalue weighted by Gasteiger charge is 2.12. The molecule has 2 N–H and O–H groups in total. The van der Waals surface area contributed by atoms with Crippen LogP contribution in [0, 0.1) is 0 Å². The molecule has 0 aliphatic carbocycles. The second-order valence-corrected chi connectivity index (χ2v) is 5.37. The van der Waals surface area contributed by atoms with Crippen molar-refractivity contribution in [2.24, 2.45) is 5.73 Å². The van der Waals surface area contributed by atoms with E-state index in [1.54, 1.807) is 4.68 Å².